The molecule has 13 heteroatoms. The maximum absolute atomic E-state index is 13.4. The zero-order chi connectivity index (χ0) is 26.9. The van der Waals surface area contributed by atoms with Crippen LogP contribution >= 0.6 is 23.2 Å². The van der Waals surface area contributed by atoms with Crippen molar-refractivity contribution in [3.8, 4) is 11.5 Å². The number of halogens is 2. The molecule has 0 fully saturated rings. The molecule has 0 aromatic heterocycles. The maximum Gasteiger partial charge on any atom is 1.00 e. The van der Waals surface area contributed by atoms with E-state index in [9.17, 15) is 22.9 Å². The zero-order valence-electron chi connectivity index (χ0n) is 20.3. The Morgan fingerprint density at radius 2 is 1.74 bits per heavy atom. The molecule has 0 bridgehead atoms. The minimum Gasteiger partial charge on any atom is -0.870 e. The van der Waals surface area contributed by atoms with E-state index in [0.29, 0.717) is 32.8 Å². The monoisotopic (exact) mass is 581 g/mol. The molecule has 38 heavy (non-hydrogen) atoms. The van der Waals surface area contributed by atoms with Gasteiger partial charge < -0.3 is 15.2 Å². The van der Waals surface area contributed by atoms with Crippen molar-refractivity contribution in [2.45, 2.75) is 11.8 Å². The number of hydrogen-bond donors (Lipinski definition) is 2. The van der Waals surface area contributed by atoms with Crippen molar-refractivity contribution >= 4 is 67.1 Å². The number of azo groups is 1. The molecule has 0 atom stereocenters. The number of benzene rings is 4. The summed E-state index contributed by atoms with van der Waals surface area (Å²) in [6.07, 6.45) is 0. The van der Waals surface area contributed by atoms with Crippen LogP contribution in [0.25, 0.3) is 10.8 Å². The first-order chi connectivity index (χ1) is 17.5. The Morgan fingerprint density at radius 3 is 2.42 bits per heavy atom. The van der Waals surface area contributed by atoms with Gasteiger partial charge in [0.25, 0.3) is 16.0 Å². The fourth-order valence-electron chi connectivity index (χ4n) is 3.51. The summed E-state index contributed by atoms with van der Waals surface area (Å²) >= 11 is 12.1. The standard InChI is InChI=1S/C25H19Cl2N3O6S.Na/c1-13-20(27)11-16(37(33,34)35)12-21(13)29-30-23-17-6-4-3-5-14(17)9-18(24(23)31)25(32)28-15-7-8-19(26)22(10-15)36-2;/h3-12,31H,1-2H3,(H,28,32)(H,33,34,35);/q;+1/p-1. The van der Waals surface area contributed by atoms with Crippen molar-refractivity contribution in [2.75, 3.05) is 12.4 Å². The predicted octanol–water partition coefficient (Wildman–Crippen LogP) is 3.46. The molecule has 0 spiro atoms. The van der Waals surface area contributed by atoms with Gasteiger partial charge in [-0.2, -0.15) is 18.6 Å². The van der Waals surface area contributed by atoms with E-state index in [-0.39, 0.29) is 51.5 Å². The molecule has 4 rings (SSSR count). The first kappa shape index (κ1) is 29.9. The van der Waals surface area contributed by atoms with Crippen LogP contribution in [-0.2, 0) is 10.1 Å². The summed E-state index contributed by atoms with van der Waals surface area (Å²) in [4.78, 5) is 12.6. The molecule has 0 aliphatic rings. The van der Waals surface area contributed by atoms with Crippen molar-refractivity contribution in [3.63, 3.8) is 0 Å². The van der Waals surface area contributed by atoms with Crippen molar-refractivity contribution in [1.82, 2.24) is 0 Å². The first-order valence-electron chi connectivity index (χ1n) is 10.6. The molecule has 0 aliphatic heterocycles. The molecule has 4 aromatic rings. The van der Waals surface area contributed by atoms with Gasteiger partial charge in [-0.3, -0.25) is 9.35 Å². The normalized spacial score (nSPS) is 11.4. The summed E-state index contributed by atoms with van der Waals surface area (Å²) in [5, 5.41) is 25.5. The maximum atomic E-state index is 13.4. The predicted molar refractivity (Wildman–Crippen MR) is 140 cm³/mol. The SMILES string of the molecule is COc1cc(NC(=O)c2cc3ccccc3c(N=Nc3cc(S(=O)(=O)O)cc(Cl)c3C)c2[O-])ccc1Cl.[Na+]. The molecular formula is C25H18Cl2N3NaO6S. The number of anilines is 1. The largest absolute Gasteiger partial charge is 1.00 e. The van der Waals surface area contributed by atoms with Gasteiger partial charge in [-0.15, -0.1) is 0 Å². The van der Waals surface area contributed by atoms with Gasteiger partial charge in [0, 0.05) is 27.7 Å². The molecule has 0 heterocycles. The average molecular weight is 582 g/mol. The van der Waals surface area contributed by atoms with Gasteiger partial charge in [-0.05, 0) is 48.2 Å². The van der Waals surface area contributed by atoms with Crippen LogP contribution in [0.3, 0.4) is 0 Å². The number of carbonyl (C=O) groups excluding carboxylic acids is 1. The van der Waals surface area contributed by atoms with Crippen LogP contribution in [0, 0.1) is 6.92 Å². The van der Waals surface area contributed by atoms with Gasteiger partial charge >= 0.3 is 29.6 Å². The van der Waals surface area contributed by atoms with Gasteiger partial charge in [0.15, 0.2) is 0 Å². The summed E-state index contributed by atoms with van der Waals surface area (Å²) in [7, 11) is -3.13. The second kappa shape index (κ2) is 12.0. The summed E-state index contributed by atoms with van der Waals surface area (Å²) in [6.45, 7) is 1.57. The second-order valence-corrected chi connectivity index (χ2v) is 10.1. The Morgan fingerprint density at radius 1 is 1.03 bits per heavy atom. The fraction of sp³-hybridized carbons (Fsp3) is 0.0800. The number of amides is 1. The number of nitrogens with one attached hydrogen (secondary N) is 1. The van der Waals surface area contributed by atoms with Crippen LogP contribution in [0.15, 0.2) is 75.8 Å². The van der Waals surface area contributed by atoms with Crippen molar-refractivity contribution < 1.29 is 57.2 Å². The Kier molecular flexibility index (Phi) is 9.43. The number of nitrogens with zero attached hydrogens (tertiary/aromatic N) is 2. The fourth-order valence-corrected chi connectivity index (χ4v) is 4.51. The van der Waals surface area contributed by atoms with Crippen molar-refractivity contribution in [2.24, 2.45) is 10.2 Å². The number of fused-ring (bicyclic) bond motifs is 1. The molecule has 1 amide bonds. The molecule has 2 N–H and O–H groups in total. The Bertz CT molecular complexity index is 1700. The third-order valence-corrected chi connectivity index (χ3v) is 7.01. The molecule has 0 unspecified atom stereocenters. The van der Waals surface area contributed by atoms with E-state index in [1.54, 1.807) is 43.3 Å². The van der Waals surface area contributed by atoms with Gasteiger partial charge in [0.05, 0.1) is 28.4 Å². The van der Waals surface area contributed by atoms with Crippen LogP contribution in [-0.4, -0.2) is 26.0 Å². The van der Waals surface area contributed by atoms with E-state index in [0.717, 1.165) is 12.1 Å². The van der Waals surface area contributed by atoms with Gasteiger partial charge in [0.2, 0.25) is 0 Å². The Labute approximate surface area is 250 Å². The van der Waals surface area contributed by atoms with Crippen molar-refractivity contribution in [3.05, 3.63) is 81.8 Å². The quantitative estimate of drug-likeness (QED) is 0.203. The number of hydrogen-bond acceptors (Lipinski definition) is 7. The smallest absolute Gasteiger partial charge is 0.870 e. The number of methoxy groups -OCH3 is 1. The summed E-state index contributed by atoms with van der Waals surface area (Å²) in [5.74, 6) is -1.05. The van der Waals surface area contributed by atoms with E-state index in [2.05, 4.69) is 15.5 Å². The molecule has 4 aromatic carbocycles. The Hall–Kier alpha value is -2.70. The van der Waals surface area contributed by atoms with E-state index in [1.807, 2.05) is 0 Å². The molecule has 9 nitrogen and oxygen atoms in total. The van der Waals surface area contributed by atoms with E-state index >= 15 is 0 Å². The second-order valence-electron chi connectivity index (χ2n) is 7.85. The van der Waals surface area contributed by atoms with Crippen molar-refractivity contribution in [1.29, 1.82) is 0 Å². The zero-order valence-corrected chi connectivity index (χ0v) is 24.6. The molecule has 0 saturated heterocycles. The van der Waals surface area contributed by atoms with Crippen LogP contribution < -0.4 is 44.7 Å². The molecule has 0 radical (unpaired) electrons. The third kappa shape index (κ3) is 6.29. The summed E-state index contributed by atoms with van der Waals surface area (Å²) in [6, 6.07) is 15.0. The number of ether oxygens (including phenoxy) is 1. The van der Waals surface area contributed by atoms with E-state index in [1.165, 1.54) is 19.2 Å². The van der Waals surface area contributed by atoms with Crippen LogP contribution in [0.1, 0.15) is 15.9 Å². The third-order valence-electron chi connectivity index (χ3n) is 5.48. The molecule has 0 aliphatic carbocycles. The molecular weight excluding hydrogens is 564 g/mol. The minimum absolute atomic E-state index is 0. The van der Waals surface area contributed by atoms with E-state index in [4.69, 9.17) is 27.9 Å². The van der Waals surface area contributed by atoms with Crippen LogP contribution in [0.4, 0.5) is 17.1 Å². The molecule has 190 valence electrons. The van der Waals surface area contributed by atoms with Gasteiger partial charge in [0.1, 0.15) is 5.75 Å². The summed E-state index contributed by atoms with van der Waals surface area (Å²) < 4.78 is 37.7. The van der Waals surface area contributed by atoms with Gasteiger partial charge in [-0.1, -0.05) is 53.2 Å². The minimum atomic E-state index is -4.56. The van der Waals surface area contributed by atoms with Crippen LogP contribution in [0.5, 0.6) is 11.5 Å². The molecule has 0 saturated carbocycles. The topological polar surface area (TPSA) is 140 Å². The Balaban J connectivity index is 0.00000400. The first-order valence-corrected chi connectivity index (χ1v) is 12.8. The number of carbonyl (C=O) groups is 1. The van der Waals surface area contributed by atoms with E-state index < -0.39 is 26.7 Å². The summed E-state index contributed by atoms with van der Waals surface area (Å²) in [5.41, 5.74) is 0.425. The van der Waals surface area contributed by atoms with Crippen LogP contribution in [0.2, 0.25) is 10.0 Å². The number of rotatable bonds is 6. The average Bonchev–Trinajstić information content (AvgIpc) is 2.85. The van der Waals surface area contributed by atoms with Gasteiger partial charge in [-0.25, -0.2) is 0 Å².